The summed E-state index contributed by atoms with van der Waals surface area (Å²) >= 11 is 0. The van der Waals surface area contributed by atoms with Gasteiger partial charge in [-0.05, 0) is 35.4 Å². The molecule has 34 heavy (non-hydrogen) atoms. The Morgan fingerprint density at radius 1 is 1.24 bits per heavy atom. The first-order chi connectivity index (χ1) is 16.6. The molecule has 0 bridgehead atoms. The number of nitrogens with one attached hydrogen (secondary N) is 1. The molecule has 0 aliphatic heterocycles. The molecule has 0 aliphatic carbocycles. The standard InChI is InChI=1S/C26H24N6O2/c1-4-34-22-12-16(11-19-21(14-28)31-32-26(33)23(19)22)20(13-27)25(30-3)18-10-9-15-7-5-6-8-17(15)24(18)29-2/h5-13H,4,14,27-28H2,1,3H3,(H,32,33)/b20-13-,30-25?. The van der Waals surface area contributed by atoms with Crippen LogP contribution in [0.5, 0.6) is 5.75 Å². The number of aliphatic imine (C=N–C) groups is 1. The van der Waals surface area contributed by atoms with Crippen molar-refractivity contribution in [1.29, 1.82) is 0 Å². The second kappa shape index (κ2) is 9.57. The van der Waals surface area contributed by atoms with E-state index in [1.807, 2.05) is 49.4 Å². The van der Waals surface area contributed by atoms with Gasteiger partial charge in [0.15, 0.2) is 0 Å². The van der Waals surface area contributed by atoms with E-state index in [9.17, 15) is 4.79 Å². The Labute approximate surface area is 196 Å². The Morgan fingerprint density at radius 3 is 2.71 bits per heavy atom. The van der Waals surface area contributed by atoms with Gasteiger partial charge in [0, 0.05) is 36.3 Å². The van der Waals surface area contributed by atoms with Gasteiger partial charge in [-0.15, -0.1) is 0 Å². The maximum atomic E-state index is 12.6. The number of ether oxygens (including phenoxy) is 1. The lowest BCUT2D eigenvalue weighted by atomic mass is 9.91. The van der Waals surface area contributed by atoms with Crippen LogP contribution in [0.2, 0.25) is 0 Å². The molecule has 3 aromatic carbocycles. The van der Waals surface area contributed by atoms with Crippen molar-refractivity contribution in [2.24, 2.45) is 16.5 Å². The topological polar surface area (TPSA) is 124 Å². The van der Waals surface area contributed by atoms with E-state index in [1.54, 1.807) is 13.1 Å². The highest BCUT2D eigenvalue weighted by molar-refractivity contribution is 6.35. The van der Waals surface area contributed by atoms with Crippen LogP contribution in [0.4, 0.5) is 5.69 Å². The first-order valence-corrected chi connectivity index (χ1v) is 10.7. The minimum atomic E-state index is -0.366. The molecule has 170 valence electrons. The number of aromatic nitrogens is 2. The minimum absolute atomic E-state index is 0.130. The van der Waals surface area contributed by atoms with Crippen molar-refractivity contribution in [2.75, 3.05) is 13.7 Å². The van der Waals surface area contributed by atoms with Crippen LogP contribution in [0.15, 0.2) is 64.5 Å². The van der Waals surface area contributed by atoms with E-state index in [0.29, 0.717) is 56.9 Å². The molecular formula is C26H24N6O2. The molecule has 1 heterocycles. The van der Waals surface area contributed by atoms with Crippen molar-refractivity contribution >= 4 is 38.5 Å². The minimum Gasteiger partial charge on any atom is -0.493 e. The number of rotatable bonds is 6. The maximum absolute atomic E-state index is 12.6. The lowest BCUT2D eigenvalue weighted by Crippen LogP contribution is -2.15. The molecule has 1 aromatic heterocycles. The summed E-state index contributed by atoms with van der Waals surface area (Å²) in [7, 11) is 1.66. The summed E-state index contributed by atoms with van der Waals surface area (Å²) in [5.41, 5.74) is 15.1. The van der Waals surface area contributed by atoms with Gasteiger partial charge in [-0.1, -0.05) is 36.4 Å². The highest BCUT2D eigenvalue weighted by atomic mass is 16.5. The van der Waals surface area contributed by atoms with Gasteiger partial charge >= 0.3 is 0 Å². The Kier molecular flexibility index (Phi) is 6.39. The van der Waals surface area contributed by atoms with Crippen molar-refractivity contribution < 1.29 is 4.74 Å². The Balaban J connectivity index is 1.99. The quantitative estimate of drug-likeness (QED) is 0.302. The molecular weight excluding hydrogens is 428 g/mol. The molecule has 4 aromatic rings. The Hall–Kier alpha value is -4.48. The van der Waals surface area contributed by atoms with E-state index in [0.717, 1.165) is 10.8 Å². The summed E-state index contributed by atoms with van der Waals surface area (Å²) in [6.07, 6.45) is 1.45. The summed E-state index contributed by atoms with van der Waals surface area (Å²) in [5, 5.41) is 9.33. The molecule has 4 rings (SSSR count). The van der Waals surface area contributed by atoms with E-state index in [2.05, 4.69) is 20.0 Å². The van der Waals surface area contributed by atoms with Crippen LogP contribution in [0, 0.1) is 6.57 Å². The van der Waals surface area contributed by atoms with Crippen LogP contribution in [-0.2, 0) is 6.54 Å². The lowest BCUT2D eigenvalue weighted by Gasteiger charge is -2.17. The van der Waals surface area contributed by atoms with Crippen LogP contribution >= 0.6 is 0 Å². The SMILES string of the molecule is [C-]#[N+]c1c(C(=NC)/C(=C\N)c2cc(OCC)c3c(=O)[nH]nc(CN)c3c2)ccc2ccccc12. The number of hydrogen-bond acceptors (Lipinski definition) is 6. The van der Waals surface area contributed by atoms with Crippen LogP contribution in [0.25, 0.3) is 32.0 Å². The average Bonchev–Trinajstić information content (AvgIpc) is 2.86. The molecule has 0 unspecified atom stereocenters. The number of allylic oxidation sites excluding steroid dienone is 1. The van der Waals surface area contributed by atoms with Crippen LogP contribution in [-0.4, -0.2) is 29.6 Å². The molecule has 8 heteroatoms. The molecule has 0 spiro atoms. The zero-order valence-corrected chi connectivity index (χ0v) is 18.9. The van der Waals surface area contributed by atoms with E-state index in [4.69, 9.17) is 22.8 Å². The summed E-state index contributed by atoms with van der Waals surface area (Å²) in [6, 6.07) is 15.1. The molecule has 8 nitrogen and oxygen atoms in total. The first-order valence-electron chi connectivity index (χ1n) is 10.7. The zero-order chi connectivity index (χ0) is 24.2. The fourth-order valence-corrected chi connectivity index (χ4v) is 4.16. The monoisotopic (exact) mass is 452 g/mol. The smallest absolute Gasteiger partial charge is 0.275 e. The highest BCUT2D eigenvalue weighted by Crippen LogP contribution is 2.36. The van der Waals surface area contributed by atoms with Gasteiger partial charge in [0.2, 0.25) is 5.69 Å². The van der Waals surface area contributed by atoms with Gasteiger partial charge in [0.05, 0.1) is 30.0 Å². The van der Waals surface area contributed by atoms with E-state index < -0.39 is 0 Å². The molecule has 0 fully saturated rings. The second-order valence-corrected chi connectivity index (χ2v) is 7.48. The van der Waals surface area contributed by atoms with Gasteiger partial charge in [-0.2, -0.15) is 5.10 Å². The Bertz CT molecular complexity index is 1560. The number of fused-ring (bicyclic) bond motifs is 2. The van der Waals surface area contributed by atoms with Gasteiger partial charge in [-0.3, -0.25) is 9.79 Å². The predicted molar refractivity (Wildman–Crippen MR) is 136 cm³/mol. The second-order valence-electron chi connectivity index (χ2n) is 7.48. The van der Waals surface area contributed by atoms with Crippen LogP contribution < -0.4 is 21.8 Å². The third-order valence-electron chi connectivity index (χ3n) is 5.65. The van der Waals surface area contributed by atoms with Crippen molar-refractivity contribution in [3.05, 3.63) is 93.3 Å². The fourth-order valence-electron chi connectivity index (χ4n) is 4.16. The molecule has 0 radical (unpaired) electrons. The Morgan fingerprint density at radius 2 is 2.03 bits per heavy atom. The number of nitrogens with two attached hydrogens (primary N) is 2. The third kappa shape index (κ3) is 3.78. The predicted octanol–water partition coefficient (Wildman–Crippen LogP) is 3.90. The molecule has 5 N–H and O–H groups in total. The van der Waals surface area contributed by atoms with Crippen LogP contribution in [0.3, 0.4) is 0 Å². The number of hydrogen-bond donors (Lipinski definition) is 3. The third-order valence-corrected chi connectivity index (χ3v) is 5.65. The molecule has 0 saturated carbocycles. The van der Waals surface area contributed by atoms with E-state index in [-0.39, 0.29) is 12.1 Å². The first kappa shape index (κ1) is 22.7. The number of nitrogens with zero attached hydrogens (tertiary/aromatic N) is 3. The fraction of sp³-hybridized carbons (Fsp3) is 0.154. The van der Waals surface area contributed by atoms with Gasteiger partial charge in [0.1, 0.15) is 5.75 Å². The normalized spacial score (nSPS) is 12.2. The summed E-state index contributed by atoms with van der Waals surface area (Å²) in [5.74, 6) is 0.395. The van der Waals surface area contributed by atoms with Gasteiger partial charge in [0.25, 0.3) is 5.56 Å². The molecule has 0 atom stereocenters. The number of H-pyrrole nitrogens is 1. The number of benzene rings is 3. The average molecular weight is 453 g/mol. The van der Waals surface area contributed by atoms with Crippen molar-refractivity contribution in [2.45, 2.75) is 13.5 Å². The van der Waals surface area contributed by atoms with Crippen LogP contribution in [0.1, 0.15) is 23.7 Å². The molecule has 0 saturated heterocycles. The van der Waals surface area contributed by atoms with Gasteiger partial charge in [-0.25, -0.2) is 9.94 Å². The van der Waals surface area contributed by atoms with E-state index >= 15 is 0 Å². The van der Waals surface area contributed by atoms with Crippen molar-refractivity contribution in [1.82, 2.24) is 10.2 Å². The maximum Gasteiger partial charge on any atom is 0.275 e. The van der Waals surface area contributed by atoms with Crippen molar-refractivity contribution in [3.8, 4) is 5.75 Å². The largest absolute Gasteiger partial charge is 0.493 e. The number of aromatic amines is 1. The molecule has 0 amide bonds. The summed E-state index contributed by atoms with van der Waals surface area (Å²) < 4.78 is 5.81. The zero-order valence-electron chi connectivity index (χ0n) is 18.9. The van der Waals surface area contributed by atoms with Crippen molar-refractivity contribution in [3.63, 3.8) is 0 Å². The molecule has 0 aliphatic rings. The summed E-state index contributed by atoms with van der Waals surface area (Å²) in [6.45, 7) is 10.2. The highest BCUT2D eigenvalue weighted by Gasteiger charge is 2.20. The lowest BCUT2D eigenvalue weighted by molar-refractivity contribution is 0.344. The van der Waals surface area contributed by atoms with E-state index in [1.165, 1.54) is 6.20 Å². The van der Waals surface area contributed by atoms with Gasteiger partial charge < -0.3 is 16.2 Å². The summed E-state index contributed by atoms with van der Waals surface area (Å²) in [4.78, 5) is 20.9.